The summed E-state index contributed by atoms with van der Waals surface area (Å²) >= 11 is 0. The predicted molar refractivity (Wildman–Crippen MR) is 81.4 cm³/mol. The molecule has 0 atom stereocenters. The molecule has 116 valence electrons. The lowest BCUT2D eigenvalue weighted by molar-refractivity contribution is -0.112. The van der Waals surface area contributed by atoms with Gasteiger partial charge in [0.25, 0.3) is 0 Å². The molecule has 0 aliphatic rings. The monoisotopic (exact) mass is 303 g/mol. The molecule has 1 heterocycles. The molecule has 0 spiro atoms. The summed E-state index contributed by atoms with van der Waals surface area (Å²) in [6.07, 6.45) is 1.42. The van der Waals surface area contributed by atoms with Gasteiger partial charge in [0.15, 0.2) is 5.78 Å². The number of carbonyl (C=O) groups is 1. The summed E-state index contributed by atoms with van der Waals surface area (Å²) in [5.41, 5.74) is 3.03. The zero-order chi connectivity index (χ0) is 16.3. The molecule has 0 aliphatic carbocycles. The number of allylic oxidation sites excluding steroid dienone is 2. The number of hydrogen-bond donors (Lipinski definition) is 1. The van der Waals surface area contributed by atoms with Crippen LogP contribution in [0.15, 0.2) is 39.2 Å². The zero-order valence-corrected chi connectivity index (χ0v) is 12.8. The van der Waals surface area contributed by atoms with Gasteiger partial charge in [-0.05, 0) is 50.6 Å². The number of benzene rings is 1. The van der Waals surface area contributed by atoms with E-state index in [1.165, 1.54) is 20.1 Å². The summed E-state index contributed by atoms with van der Waals surface area (Å²) in [7, 11) is 1.37. The van der Waals surface area contributed by atoms with Gasteiger partial charge in [-0.25, -0.2) is 4.79 Å². The van der Waals surface area contributed by atoms with Gasteiger partial charge in [0.2, 0.25) is 0 Å². The number of anilines is 1. The molecule has 1 aromatic carbocycles. The van der Waals surface area contributed by atoms with Gasteiger partial charge in [-0.3, -0.25) is 4.79 Å². The van der Waals surface area contributed by atoms with E-state index in [2.05, 4.69) is 10.4 Å². The third-order valence-electron chi connectivity index (χ3n) is 2.91. The van der Waals surface area contributed by atoms with Crippen LogP contribution in [0.25, 0.3) is 5.69 Å². The van der Waals surface area contributed by atoms with E-state index in [1.54, 1.807) is 18.2 Å². The van der Waals surface area contributed by atoms with Crippen LogP contribution in [0.3, 0.4) is 0 Å². The first-order valence-electron chi connectivity index (χ1n) is 6.62. The Kier molecular flexibility index (Phi) is 4.45. The maximum Gasteiger partial charge on any atom is 0.444 e. The van der Waals surface area contributed by atoms with Gasteiger partial charge in [0.1, 0.15) is 0 Å². The Bertz CT molecular complexity index is 786. The van der Waals surface area contributed by atoms with Crippen molar-refractivity contribution in [2.24, 2.45) is 0 Å². The number of carbonyl (C=O) groups excluding carboxylic acids is 1. The fraction of sp³-hybridized carbons (Fsp3) is 0.267. The van der Waals surface area contributed by atoms with Crippen LogP contribution in [0, 0.1) is 6.92 Å². The van der Waals surface area contributed by atoms with E-state index >= 15 is 0 Å². The number of nitrogens with one attached hydrogen (secondary N) is 1. The van der Waals surface area contributed by atoms with Gasteiger partial charge in [-0.15, -0.1) is 0 Å². The SMILES string of the molecule is COc1nn(-c2ccc(N/C(C)=C\C(C)=O)c(C)c2)c(=O)o1. The maximum absolute atomic E-state index is 11.7. The van der Waals surface area contributed by atoms with Crippen molar-refractivity contribution >= 4 is 11.5 Å². The molecular formula is C15H17N3O4. The lowest BCUT2D eigenvalue weighted by atomic mass is 10.1. The minimum Gasteiger partial charge on any atom is -0.452 e. The minimum atomic E-state index is -0.621. The fourth-order valence-corrected chi connectivity index (χ4v) is 1.98. The van der Waals surface area contributed by atoms with Crippen molar-refractivity contribution in [3.63, 3.8) is 0 Å². The molecule has 0 saturated carbocycles. The summed E-state index contributed by atoms with van der Waals surface area (Å²) in [4.78, 5) is 22.7. The Hall–Kier alpha value is -2.83. The van der Waals surface area contributed by atoms with Crippen molar-refractivity contribution < 1.29 is 13.9 Å². The molecule has 0 unspecified atom stereocenters. The second-order valence-corrected chi connectivity index (χ2v) is 4.81. The van der Waals surface area contributed by atoms with E-state index in [0.717, 1.165) is 21.6 Å². The third-order valence-corrected chi connectivity index (χ3v) is 2.91. The first-order chi connectivity index (χ1) is 10.4. The maximum atomic E-state index is 11.7. The van der Waals surface area contributed by atoms with Gasteiger partial charge in [-0.1, -0.05) is 5.10 Å². The topological polar surface area (TPSA) is 86.4 Å². The molecule has 22 heavy (non-hydrogen) atoms. The molecule has 7 nitrogen and oxygen atoms in total. The van der Waals surface area contributed by atoms with Gasteiger partial charge in [0.05, 0.1) is 12.8 Å². The number of rotatable bonds is 5. The highest BCUT2D eigenvalue weighted by molar-refractivity contribution is 5.88. The quantitative estimate of drug-likeness (QED) is 0.851. The number of aromatic nitrogens is 2. The highest BCUT2D eigenvalue weighted by Gasteiger charge is 2.11. The molecule has 0 aliphatic heterocycles. The molecular weight excluding hydrogens is 286 g/mol. The molecule has 1 N–H and O–H groups in total. The van der Waals surface area contributed by atoms with Crippen molar-refractivity contribution in [1.82, 2.24) is 9.78 Å². The summed E-state index contributed by atoms with van der Waals surface area (Å²) < 4.78 is 10.7. The van der Waals surface area contributed by atoms with Gasteiger partial charge >= 0.3 is 11.8 Å². The third kappa shape index (κ3) is 3.43. The van der Waals surface area contributed by atoms with Crippen molar-refractivity contribution in [2.45, 2.75) is 20.8 Å². The highest BCUT2D eigenvalue weighted by atomic mass is 16.6. The van der Waals surface area contributed by atoms with E-state index in [-0.39, 0.29) is 11.9 Å². The van der Waals surface area contributed by atoms with Crippen LogP contribution in [0.5, 0.6) is 6.08 Å². The molecule has 0 bridgehead atoms. The van der Waals surface area contributed by atoms with Crippen LogP contribution in [0.1, 0.15) is 19.4 Å². The van der Waals surface area contributed by atoms with Crippen molar-refractivity contribution in [1.29, 1.82) is 0 Å². The largest absolute Gasteiger partial charge is 0.452 e. The lowest BCUT2D eigenvalue weighted by Gasteiger charge is -2.10. The first-order valence-corrected chi connectivity index (χ1v) is 6.62. The molecule has 0 radical (unpaired) electrons. The van der Waals surface area contributed by atoms with Crippen LogP contribution in [0.2, 0.25) is 0 Å². The average Bonchev–Trinajstić information content (AvgIpc) is 2.81. The van der Waals surface area contributed by atoms with Gasteiger partial charge < -0.3 is 14.5 Å². The highest BCUT2D eigenvalue weighted by Crippen LogP contribution is 2.20. The molecule has 0 amide bonds. The Morgan fingerprint density at radius 2 is 2.14 bits per heavy atom. The van der Waals surface area contributed by atoms with E-state index in [9.17, 15) is 9.59 Å². The molecule has 2 rings (SSSR count). The molecule has 2 aromatic rings. The Labute approximate surface area is 127 Å². The lowest BCUT2D eigenvalue weighted by Crippen LogP contribution is -2.13. The van der Waals surface area contributed by atoms with Crippen LogP contribution in [-0.2, 0) is 4.79 Å². The van der Waals surface area contributed by atoms with E-state index in [1.807, 2.05) is 13.8 Å². The summed E-state index contributed by atoms with van der Waals surface area (Å²) in [6, 6.07) is 5.31. The van der Waals surface area contributed by atoms with E-state index < -0.39 is 5.76 Å². The van der Waals surface area contributed by atoms with Crippen LogP contribution in [-0.4, -0.2) is 22.7 Å². The Morgan fingerprint density at radius 3 is 2.68 bits per heavy atom. The molecule has 7 heteroatoms. The minimum absolute atomic E-state index is 0.0273. The number of nitrogens with zero attached hydrogens (tertiary/aromatic N) is 2. The standard InChI is InChI=1S/C15H17N3O4/c1-9-7-12(18-15(20)22-14(17-18)21-4)5-6-13(9)16-10(2)8-11(3)19/h5-8,16H,1-4H3/b10-8-. The summed E-state index contributed by atoms with van der Waals surface area (Å²) in [5.74, 6) is -0.648. The second kappa shape index (κ2) is 6.30. The number of hydrogen-bond acceptors (Lipinski definition) is 6. The average molecular weight is 303 g/mol. The second-order valence-electron chi connectivity index (χ2n) is 4.81. The van der Waals surface area contributed by atoms with Crippen LogP contribution >= 0.6 is 0 Å². The predicted octanol–water partition coefficient (Wildman–Crippen LogP) is 2.05. The summed E-state index contributed by atoms with van der Waals surface area (Å²) in [5, 5.41) is 7.04. The fourth-order valence-electron chi connectivity index (χ4n) is 1.98. The van der Waals surface area contributed by atoms with E-state index in [4.69, 9.17) is 9.15 Å². The zero-order valence-electron chi connectivity index (χ0n) is 12.8. The molecule has 0 fully saturated rings. The van der Waals surface area contributed by atoms with Crippen molar-refractivity contribution in [2.75, 3.05) is 12.4 Å². The number of methoxy groups -OCH3 is 1. The van der Waals surface area contributed by atoms with Gasteiger partial charge in [0, 0.05) is 11.4 Å². The van der Waals surface area contributed by atoms with Crippen LogP contribution in [0.4, 0.5) is 5.69 Å². The Morgan fingerprint density at radius 1 is 1.41 bits per heavy atom. The van der Waals surface area contributed by atoms with Crippen LogP contribution < -0.4 is 15.8 Å². The van der Waals surface area contributed by atoms with Crippen molar-refractivity contribution in [3.05, 3.63) is 46.1 Å². The van der Waals surface area contributed by atoms with Gasteiger partial charge in [-0.2, -0.15) is 4.68 Å². The number of ether oxygens (including phenoxy) is 1. The molecule has 1 aromatic heterocycles. The number of ketones is 1. The summed E-state index contributed by atoms with van der Waals surface area (Å²) in [6.45, 7) is 5.18. The smallest absolute Gasteiger partial charge is 0.444 e. The molecule has 0 saturated heterocycles. The number of aryl methyl sites for hydroxylation is 1. The Balaban J connectivity index is 2.31. The first kappa shape index (κ1) is 15.6. The van der Waals surface area contributed by atoms with Crippen molar-refractivity contribution in [3.8, 4) is 11.8 Å². The van der Waals surface area contributed by atoms with E-state index in [0.29, 0.717) is 5.69 Å². The normalized spacial score (nSPS) is 11.4.